The van der Waals surface area contributed by atoms with Crippen molar-refractivity contribution in [2.75, 3.05) is 5.43 Å². The normalized spacial score (nSPS) is 11.4. The summed E-state index contributed by atoms with van der Waals surface area (Å²) in [5.74, 6) is -0.377. The van der Waals surface area contributed by atoms with Gasteiger partial charge in [-0.25, -0.2) is 0 Å². The molecule has 0 fully saturated rings. The van der Waals surface area contributed by atoms with Gasteiger partial charge in [0.2, 0.25) is 5.71 Å². The van der Waals surface area contributed by atoms with E-state index in [-0.39, 0.29) is 11.5 Å². The zero-order chi connectivity index (χ0) is 18.8. The molecular formula is C21H15N5O. The highest BCUT2D eigenvalue weighted by atomic mass is 16.3. The summed E-state index contributed by atoms with van der Waals surface area (Å²) < 4.78 is 6.08. The summed E-state index contributed by atoms with van der Waals surface area (Å²) in [6.45, 7) is 0. The molecule has 0 radical (unpaired) electrons. The molecule has 27 heavy (non-hydrogen) atoms. The summed E-state index contributed by atoms with van der Waals surface area (Å²) in [6.07, 6.45) is 0. The van der Waals surface area contributed by atoms with Crippen LogP contribution in [0, 0.1) is 16.7 Å². The van der Waals surface area contributed by atoms with Crippen LogP contribution in [0.2, 0.25) is 0 Å². The minimum absolute atomic E-state index is 0.161. The lowest BCUT2D eigenvalue weighted by molar-refractivity contribution is 0.670. The van der Waals surface area contributed by atoms with Crippen LogP contribution in [0.15, 0.2) is 76.2 Å². The molecule has 6 heteroatoms. The highest BCUT2D eigenvalue weighted by Gasteiger charge is 2.11. The van der Waals surface area contributed by atoms with E-state index in [1.54, 1.807) is 6.07 Å². The zero-order valence-corrected chi connectivity index (χ0v) is 14.2. The maximum Gasteiger partial charge on any atom is 0.201 e. The van der Waals surface area contributed by atoms with Gasteiger partial charge < -0.3 is 10.2 Å². The van der Waals surface area contributed by atoms with Crippen LogP contribution in [0.5, 0.6) is 0 Å². The Morgan fingerprint density at radius 1 is 1.00 bits per heavy atom. The summed E-state index contributed by atoms with van der Waals surface area (Å²) >= 11 is 0. The Hall–Kier alpha value is -4.11. The van der Waals surface area contributed by atoms with E-state index in [9.17, 15) is 0 Å². The Bertz CT molecular complexity index is 1230. The number of rotatable bonds is 4. The van der Waals surface area contributed by atoms with Crippen molar-refractivity contribution >= 4 is 39.2 Å². The lowest BCUT2D eigenvalue weighted by Crippen LogP contribution is -2.21. The van der Waals surface area contributed by atoms with Crippen LogP contribution in [-0.4, -0.2) is 11.5 Å². The van der Waals surface area contributed by atoms with E-state index in [0.29, 0.717) is 5.69 Å². The second-order valence-corrected chi connectivity index (χ2v) is 5.96. The Balaban J connectivity index is 1.70. The number of anilines is 1. The number of hydrazone groups is 1. The molecule has 1 heterocycles. The van der Waals surface area contributed by atoms with Gasteiger partial charge in [-0.05, 0) is 23.8 Å². The van der Waals surface area contributed by atoms with Gasteiger partial charge in [0, 0.05) is 16.3 Å². The van der Waals surface area contributed by atoms with Gasteiger partial charge in [0.05, 0.1) is 5.69 Å². The van der Waals surface area contributed by atoms with Crippen LogP contribution in [0.4, 0.5) is 5.69 Å². The van der Waals surface area contributed by atoms with Gasteiger partial charge in [0.15, 0.2) is 5.84 Å². The van der Waals surface area contributed by atoms with Crippen LogP contribution in [0.3, 0.4) is 0 Å². The second kappa shape index (κ2) is 6.65. The van der Waals surface area contributed by atoms with E-state index < -0.39 is 0 Å². The van der Waals surface area contributed by atoms with Crippen molar-refractivity contribution in [1.29, 1.82) is 10.7 Å². The molecule has 4 aromatic rings. The first kappa shape index (κ1) is 16.4. The van der Waals surface area contributed by atoms with E-state index in [4.69, 9.17) is 20.8 Å². The van der Waals surface area contributed by atoms with Crippen molar-refractivity contribution in [2.45, 2.75) is 0 Å². The average Bonchev–Trinajstić information content (AvgIpc) is 3.07. The SMILES string of the molecule is N#C/C(=N\Nc1ccc(-c2cccc3c2oc2ccccc23)cc1)C(=N)N. The van der Waals surface area contributed by atoms with Crippen LogP contribution < -0.4 is 11.2 Å². The number of fused-ring (bicyclic) bond motifs is 3. The molecule has 0 saturated heterocycles. The predicted molar refractivity (Wildman–Crippen MR) is 108 cm³/mol. The third-order valence-corrected chi connectivity index (χ3v) is 4.26. The second-order valence-electron chi connectivity index (χ2n) is 5.96. The Morgan fingerprint density at radius 3 is 2.48 bits per heavy atom. The topological polar surface area (TPSA) is 111 Å². The number of furan rings is 1. The first-order chi connectivity index (χ1) is 13.2. The van der Waals surface area contributed by atoms with Gasteiger partial charge in [0.1, 0.15) is 17.2 Å². The average molecular weight is 353 g/mol. The molecule has 3 aromatic carbocycles. The number of amidine groups is 1. The van der Waals surface area contributed by atoms with Gasteiger partial charge in [-0.2, -0.15) is 10.4 Å². The molecule has 0 aliphatic rings. The number of nitrogens with two attached hydrogens (primary N) is 1. The van der Waals surface area contributed by atoms with E-state index in [0.717, 1.165) is 33.1 Å². The first-order valence-electron chi connectivity index (χ1n) is 8.26. The molecule has 0 spiro atoms. The summed E-state index contributed by atoms with van der Waals surface area (Å²) in [7, 11) is 0. The fourth-order valence-electron chi connectivity index (χ4n) is 2.96. The number of nitrogens with one attached hydrogen (secondary N) is 2. The van der Waals surface area contributed by atoms with Crippen LogP contribution in [0.25, 0.3) is 33.1 Å². The van der Waals surface area contributed by atoms with Crippen molar-refractivity contribution in [3.05, 3.63) is 66.7 Å². The van der Waals surface area contributed by atoms with Crippen LogP contribution >= 0.6 is 0 Å². The van der Waals surface area contributed by atoms with Gasteiger partial charge in [-0.3, -0.25) is 10.8 Å². The van der Waals surface area contributed by atoms with E-state index in [2.05, 4.69) is 22.7 Å². The lowest BCUT2D eigenvalue weighted by atomic mass is 10.0. The monoisotopic (exact) mass is 353 g/mol. The van der Waals surface area contributed by atoms with Crippen molar-refractivity contribution in [3.8, 4) is 17.2 Å². The van der Waals surface area contributed by atoms with Gasteiger partial charge in [0.25, 0.3) is 0 Å². The fraction of sp³-hybridized carbons (Fsp3) is 0. The van der Waals surface area contributed by atoms with E-state index in [1.807, 2.05) is 54.6 Å². The summed E-state index contributed by atoms with van der Waals surface area (Å²) in [5.41, 5.74) is 12.2. The summed E-state index contributed by atoms with van der Waals surface area (Å²) in [4.78, 5) is 0. The summed E-state index contributed by atoms with van der Waals surface area (Å²) in [5, 5.41) is 22.1. The molecule has 4 rings (SSSR count). The highest BCUT2D eigenvalue weighted by Crippen LogP contribution is 2.35. The van der Waals surface area contributed by atoms with Gasteiger partial charge >= 0.3 is 0 Å². The number of hydrogen-bond donors (Lipinski definition) is 3. The predicted octanol–water partition coefficient (Wildman–Crippen LogP) is 4.48. The standard InChI is InChI=1S/C21H15N5O/c22-12-18(21(23)24)26-25-14-10-8-13(9-11-14)15-5-3-6-17-16-4-1-2-7-19(16)27-20(15)17/h1-11,25H,(H3,23,24)/b26-18+. The maximum absolute atomic E-state index is 8.88. The van der Waals surface area contributed by atoms with Crippen molar-refractivity contribution < 1.29 is 4.42 Å². The smallest absolute Gasteiger partial charge is 0.201 e. The number of benzene rings is 3. The van der Waals surface area contributed by atoms with E-state index in [1.165, 1.54) is 0 Å². The Morgan fingerprint density at radius 2 is 1.74 bits per heavy atom. The molecule has 0 unspecified atom stereocenters. The highest BCUT2D eigenvalue weighted by molar-refractivity contribution is 6.45. The molecule has 1 aromatic heterocycles. The molecule has 6 nitrogen and oxygen atoms in total. The molecule has 0 saturated carbocycles. The number of nitriles is 1. The minimum atomic E-state index is -0.377. The molecule has 0 amide bonds. The van der Waals surface area contributed by atoms with Crippen molar-refractivity contribution in [3.63, 3.8) is 0 Å². The minimum Gasteiger partial charge on any atom is -0.455 e. The lowest BCUT2D eigenvalue weighted by Gasteiger charge is -2.05. The van der Waals surface area contributed by atoms with Crippen LogP contribution in [0.1, 0.15) is 0 Å². The van der Waals surface area contributed by atoms with Gasteiger partial charge in [-0.1, -0.05) is 48.5 Å². The van der Waals surface area contributed by atoms with Crippen molar-refractivity contribution in [2.24, 2.45) is 10.8 Å². The van der Waals surface area contributed by atoms with Gasteiger partial charge in [-0.15, -0.1) is 0 Å². The van der Waals surface area contributed by atoms with Crippen LogP contribution in [-0.2, 0) is 0 Å². The maximum atomic E-state index is 8.88. The molecule has 0 bridgehead atoms. The number of para-hydroxylation sites is 2. The largest absolute Gasteiger partial charge is 0.455 e. The van der Waals surface area contributed by atoms with E-state index >= 15 is 0 Å². The Labute approximate surface area is 155 Å². The molecular weight excluding hydrogens is 338 g/mol. The molecule has 130 valence electrons. The summed E-state index contributed by atoms with van der Waals surface area (Å²) in [6, 6.07) is 23.4. The number of hydrogen-bond acceptors (Lipinski definition) is 5. The quantitative estimate of drug-likeness (QED) is 0.285. The first-order valence-corrected chi connectivity index (χ1v) is 8.26. The van der Waals surface area contributed by atoms with Crippen molar-refractivity contribution in [1.82, 2.24) is 0 Å². The third kappa shape index (κ3) is 2.98. The Kier molecular flexibility index (Phi) is 4.03. The molecule has 0 atom stereocenters. The third-order valence-electron chi connectivity index (χ3n) is 4.26. The molecule has 4 N–H and O–H groups in total. The molecule has 0 aliphatic carbocycles. The molecule has 0 aliphatic heterocycles. The zero-order valence-electron chi connectivity index (χ0n) is 14.2. The fourth-order valence-corrected chi connectivity index (χ4v) is 2.96. The number of nitrogens with zero attached hydrogens (tertiary/aromatic N) is 2.